The Hall–Kier alpha value is -1.90. The average molecular weight is 340 g/mol. The second-order valence-corrected chi connectivity index (χ2v) is 7.37. The van der Waals surface area contributed by atoms with Crippen molar-refractivity contribution < 1.29 is 4.79 Å². The maximum absolute atomic E-state index is 13.0. The summed E-state index contributed by atoms with van der Waals surface area (Å²) in [5.41, 5.74) is 1.00. The van der Waals surface area contributed by atoms with Crippen molar-refractivity contribution in [3.63, 3.8) is 0 Å². The van der Waals surface area contributed by atoms with Crippen molar-refractivity contribution in [3.05, 3.63) is 30.3 Å². The molecule has 0 aliphatic carbocycles. The van der Waals surface area contributed by atoms with Crippen LogP contribution in [0, 0.1) is 17.2 Å². The Morgan fingerprint density at radius 2 is 1.76 bits per heavy atom. The highest BCUT2D eigenvalue weighted by atomic mass is 16.2. The number of hydrogen-bond acceptors (Lipinski definition) is 4. The number of amides is 1. The van der Waals surface area contributed by atoms with Crippen molar-refractivity contribution >= 4 is 11.6 Å². The number of nitriles is 1. The first kappa shape index (κ1) is 17.9. The number of carbonyl (C=O) groups excluding carboxylic acids is 1. The van der Waals surface area contributed by atoms with Gasteiger partial charge < -0.3 is 4.90 Å². The van der Waals surface area contributed by atoms with E-state index >= 15 is 0 Å². The second-order valence-electron chi connectivity index (χ2n) is 7.37. The summed E-state index contributed by atoms with van der Waals surface area (Å²) in [5.74, 6) is 0.563. The van der Waals surface area contributed by atoms with Gasteiger partial charge in [0.1, 0.15) is 6.04 Å². The van der Waals surface area contributed by atoms with Crippen LogP contribution in [0.2, 0.25) is 0 Å². The van der Waals surface area contributed by atoms with E-state index in [0.717, 1.165) is 51.3 Å². The van der Waals surface area contributed by atoms with Crippen LogP contribution in [0.4, 0.5) is 5.69 Å². The minimum absolute atomic E-state index is 0.0179. The summed E-state index contributed by atoms with van der Waals surface area (Å²) in [6, 6.07) is 12.4. The SMILES string of the molecule is CC(C)[C@H](C#N)N1CCN([C@@H]2CCCN(c3ccccc3)C2=O)CC1. The molecule has 2 fully saturated rings. The van der Waals surface area contributed by atoms with Gasteiger partial charge in [0.05, 0.1) is 12.1 Å². The van der Waals surface area contributed by atoms with Crippen molar-refractivity contribution in [2.45, 2.75) is 38.8 Å². The van der Waals surface area contributed by atoms with Gasteiger partial charge in [-0.2, -0.15) is 5.26 Å². The van der Waals surface area contributed by atoms with Crippen molar-refractivity contribution in [2.24, 2.45) is 5.92 Å². The second kappa shape index (κ2) is 7.99. The molecule has 2 aliphatic rings. The van der Waals surface area contributed by atoms with Crippen LogP contribution >= 0.6 is 0 Å². The number of piperidine rings is 1. The fraction of sp³-hybridized carbons (Fsp3) is 0.600. The van der Waals surface area contributed by atoms with E-state index in [0.29, 0.717) is 5.92 Å². The molecule has 2 atom stereocenters. The predicted octanol–water partition coefficient (Wildman–Crippen LogP) is 2.35. The van der Waals surface area contributed by atoms with E-state index in [1.54, 1.807) is 0 Å². The maximum Gasteiger partial charge on any atom is 0.244 e. The third kappa shape index (κ3) is 3.86. The van der Waals surface area contributed by atoms with Gasteiger partial charge in [0.15, 0.2) is 0 Å². The molecule has 3 rings (SSSR count). The molecular weight excluding hydrogens is 312 g/mol. The fourth-order valence-corrected chi connectivity index (χ4v) is 4.04. The summed E-state index contributed by atoms with van der Waals surface area (Å²) >= 11 is 0. The molecule has 0 spiro atoms. The lowest BCUT2D eigenvalue weighted by Crippen LogP contribution is -2.59. The Morgan fingerprint density at radius 3 is 2.36 bits per heavy atom. The Labute approximate surface area is 150 Å². The van der Waals surface area contributed by atoms with Crippen molar-refractivity contribution in [1.29, 1.82) is 5.26 Å². The fourth-order valence-electron chi connectivity index (χ4n) is 4.04. The number of para-hydroxylation sites is 1. The zero-order valence-corrected chi connectivity index (χ0v) is 15.3. The smallest absolute Gasteiger partial charge is 0.244 e. The van der Waals surface area contributed by atoms with E-state index in [4.69, 9.17) is 0 Å². The lowest BCUT2D eigenvalue weighted by atomic mass is 9.99. The van der Waals surface area contributed by atoms with Gasteiger partial charge in [0.2, 0.25) is 5.91 Å². The average Bonchev–Trinajstić information content (AvgIpc) is 2.64. The summed E-state index contributed by atoms with van der Waals surface area (Å²) in [5, 5.41) is 9.40. The minimum Gasteiger partial charge on any atom is -0.311 e. The van der Waals surface area contributed by atoms with E-state index < -0.39 is 0 Å². The molecule has 1 aromatic rings. The molecule has 134 valence electrons. The normalized spacial score (nSPS) is 24.3. The number of nitrogens with zero attached hydrogens (tertiary/aromatic N) is 4. The molecule has 5 nitrogen and oxygen atoms in total. The number of benzene rings is 1. The summed E-state index contributed by atoms with van der Waals surface area (Å²) in [4.78, 5) is 19.5. The number of rotatable bonds is 4. The van der Waals surface area contributed by atoms with Gasteiger partial charge in [-0.3, -0.25) is 14.6 Å². The van der Waals surface area contributed by atoms with Crippen molar-refractivity contribution in [2.75, 3.05) is 37.6 Å². The molecule has 5 heteroatoms. The zero-order valence-electron chi connectivity index (χ0n) is 15.3. The Balaban J connectivity index is 1.63. The van der Waals surface area contributed by atoms with Gasteiger partial charge in [-0.1, -0.05) is 32.0 Å². The first-order chi connectivity index (χ1) is 12.1. The van der Waals surface area contributed by atoms with E-state index in [1.165, 1.54) is 0 Å². The molecular formula is C20H28N4O. The third-order valence-electron chi connectivity index (χ3n) is 5.43. The van der Waals surface area contributed by atoms with Crippen LogP contribution in [0.15, 0.2) is 30.3 Å². The topological polar surface area (TPSA) is 50.6 Å². The zero-order chi connectivity index (χ0) is 17.8. The van der Waals surface area contributed by atoms with Gasteiger partial charge in [-0.05, 0) is 30.9 Å². The van der Waals surface area contributed by atoms with Crippen LogP contribution in [0.25, 0.3) is 0 Å². The summed E-state index contributed by atoms with van der Waals surface area (Å²) in [6.45, 7) is 8.47. The first-order valence-corrected chi connectivity index (χ1v) is 9.36. The van der Waals surface area contributed by atoms with E-state index in [2.05, 4.69) is 29.7 Å². The molecule has 0 radical (unpaired) electrons. The molecule has 2 saturated heterocycles. The van der Waals surface area contributed by atoms with Gasteiger partial charge in [0, 0.05) is 38.4 Å². The molecule has 25 heavy (non-hydrogen) atoms. The molecule has 0 saturated carbocycles. The van der Waals surface area contributed by atoms with Crippen molar-refractivity contribution in [3.8, 4) is 6.07 Å². The van der Waals surface area contributed by atoms with Gasteiger partial charge in [0.25, 0.3) is 0 Å². The molecule has 0 aromatic heterocycles. The highest BCUT2D eigenvalue weighted by Crippen LogP contribution is 2.25. The maximum atomic E-state index is 13.0. The minimum atomic E-state index is -0.0231. The van der Waals surface area contributed by atoms with Crippen LogP contribution in [0.1, 0.15) is 26.7 Å². The van der Waals surface area contributed by atoms with Crippen LogP contribution in [-0.2, 0) is 4.79 Å². The Bertz CT molecular complexity index is 616. The molecule has 0 N–H and O–H groups in total. The lowest BCUT2D eigenvalue weighted by molar-refractivity contribution is -0.126. The number of carbonyl (C=O) groups is 1. The monoisotopic (exact) mass is 340 g/mol. The number of hydrogen-bond donors (Lipinski definition) is 0. The van der Waals surface area contributed by atoms with E-state index in [9.17, 15) is 10.1 Å². The standard InChI is InChI=1S/C20H28N4O/c1-16(2)19(15-21)23-13-11-22(12-14-23)18-9-6-10-24(20(18)25)17-7-4-3-5-8-17/h3-5,7-8,16,18-19H,6,9-14H2,1-2H3/t18-,19+/m1/s1. The third-order valence-corrected chi connectivity index (χ3v) is 5.43. The Kier molecular flexibility index (Phi) is 5.72. The lowest BCUT2D eigenvalue weighted by Gasteiger charge is -2.43. The van der Waals surface area contributed by atoms with Crippen LogP contribution in [0.3, 0.4) is 0 Å². The molecule has 1 aromatic carbocycles. The van der Waals surface area contributed by atoms with Crippen LogP contribution in [-0.4, -0.2) is 60.5 Å². The number of piperazine rings is 1. The van der Waals surface area contributed by atoms with Crippen molar-refractivity contribution in [1.82, 2.24) is 9.80 Å². The molecule has 0 unspecified atom stereocenters. The van der Waals surface area contributed by atoms with Gasteiger partial charge in [-0.25, -0.2) is 0 Å². The first-order valence-electron chi connectivity index (χ1n) is 9.36. The van der Waals surface area contributed by atoms with Gasteiger partial charge in [-0.15, -0.1) is 0 Å². The molecule has 2 aliphatic heterocycles. The Morgan fingerprint density at radius 1 is 1.08 bits per heavy atom. The van der Waals surface area contributed by atoms with E-state index in [-0.39, 0.29) is 18.0 Å². The molecule has 2 heterocycles. The number of anilines is 1. The molecule has 1 amide bonds. The van der Waals surface area contributed by atoms with E-state index in [1.807, 2.05) is 35.2 Å². The van der Waals surface area contributed by atoms with Gasteiger partial charge >= 0.3 is 0 Å². The highest BCUT2D eigenvalue weighted by Gasteiger charge is 2.36. The van der Waals surface area contributed by atoms with Crippen LogP contribution < -0.4 is 4.90 Å². The molecule has 0 bridgehead atoms. The largest absolute Gasteiger partial charge is 0.311 e. The summed E-state index contributed by atoms with van der Waals surface area (Å²) in [6.07, 6.45) is 1.98. The summed E-state index contributed by atoms with van der Waals surface area (Å²) < 4.78 is 0. The predicted molar refractivity (Wildman–Crippen MR) is 99.2 cm³/mol. The highest BCUT2D eigenvalue weighted by molar-refractivity contribution is 5.97. The quantitative estimate of drug-likeness (QED) is 0.844. The summed E-state index contributed by atoms with van der Waals surface area (Å²) in [7, 11) is 0. The van der Waals surface area contributed by atoms with Crippen LogP contribution in [0.5, 0.6) is 0 Å².